The van der Waals surface area contributed by atoms with E-state index in [0.717, 1.165) is 16.5 Å². The SMILES string of the molecule is N#Cc1nccn1Cc1cc2ccccc2nc1N. The molecule has 0 aliphatic heterocycles. The van der Waals surface area contributed by atoms with E-state index in [1.807, 2.05) is 36.4 Å². The van der Waals surface area contributed by atoms with Crippen LogP contribution in [0.5, 0.6) is 0 Å². The molecule has 5 heteroatoms. The van der Waals surface area contributed by atoms with Crippen molar-refractivity contribution in [3.8, 4) is 6.07 Å². The fourth-order valence-corrected chi connectivity index (χ4v) is 2.03. The van der Waals surface area contributed by atoms with E-state index in [-0.39, 0.29) is 0 Å². The molecule has 0 spiro atoms. The first kappa shape index (κ1) is 11.2. The van der Waals surface area contributed by atoms with Gasteiger partial charge in [0.25, 0.3) is 0 Å². The van der Waals surface area contributed by atoms with Gasteiger partial charge in [-0.05, 0) is 12.1 Å². The van der Waals surface area contributed by atoms with Crippen LogP contribution in [0, 0.1) is 11.3 Å². The van der Waals surface area contributed by atoms with Crippen molar-refractivity contribution in [2.45, 2.75) is 6.54 Å². The third kappa shape index (κ3) is 2.00. The minimum atomic E-state index is 0.368. The van der Waals surface area contributed by atoms with Crippen molar-refractivity contribution in [1.82, 2.24) is 14.5 Å². The maximum absolute atomic E-state index is 8.95. The molecule has 1 aromatic carbocycles. The summed E-state index contributed by atoms with van der Waals surface area (Å²) in [5.41, 5.74) is 7.72. The minimum Gasteiger partial charge on any atom is -0.383 e. The number of nitrogens with zero attached hydrogens (tertiary/aromatic N) is 4. The predicted octanol–water partition coefficient (Wildman–Crippen LogP) is 1.93. The molecule has 0 fully saturated rings. The van der Waals surface area contributed by atoms with Gasteiger partial charge in [-0.1, -0.05) is 18.2 Å². The Balaban J connectivity index is 2.06. The van der Waals surface area contributed by atoms with Gasteiger partial charge in [-0.15, -0.1) is 0 Å². The first-order valence-electron chi connectivity index (χ1n) is 5.83. The van der Waals surface area contributed by atoms with Crippen LogP contribution in [0.25, 0.3) is 10.9 Å². The van der Waals surface area contributed by atoms with Gasteiger partial charge in [0, 0.05) is 23.3 Å². The molecule has 19 heavy (non-hydrogen) atoms. The molecule has 0 aliphatic carbocycles. The van der Waals surface area contributed by atoms with Crippen LogP contribution in [0.15, 0.2) is 42.7 Å². The van der Waals surface area contributed by atoms with Gasteiger partial charge in [0.15, 0.2) is 0 Å². The zero-order valence-electron chi connectivity index (χ0n) is 10.1. The molecule has 92 valence electrons. The summed E-state index contributed by atoms with van der Waals surface area (Å²) in [7, 11) is 0. The zero-order valence-corrected chi connectivity index (χ0v) is 10.1. The summed E-state index contributed by atoms with van der Waals surface area (Å²) in [6.07, 6.45) is 3.36. The molecule has 0 amide bonds. The molecule has 2 aromatic heterocycles. The van der Waals surface area contributed by atoms with E-state index in [1.54, 1.807) is 17.0 Å². The average Bonchev–Trinajstić information content (AvgIpc) is 2.87. The number of imidazole rings is 1. The second-order valence-corrected chi connectivity index (χ2v) is 4.22. The lowest BCUT2D eigenvalue weighted by atomic mass is 10.1. The van der Waals surface area contributed by atoms with Crippen LogP contribution in [0.2, 0.25) is 0 Å². The highest BCUT2D eigenvalue weighted by molar-refractivity contribution is 5.81. The van der Waals surface area contributed by atoms with Crippen molar-refractivity contribution >= 4 is 16.7 Å². The zero-order chi connectivity index (χ0) is 13.2. The Labute approximate surface area is 109 Å². The standard InChI is InChI=1S/C14H11N5/c15-8-13-17-5-6-19(13)9-11-7-10-3-1-2-4-12(10)18-14(11)16/h1-7H,9H2,(H2,16,18). The fraction of sp³-hybridized carbons (Fsp3) is 0.0714. The second kappa shape index (κ2) is 4.42. The third-order valence-corrected chi connectivity index (χ3v) is 2.99. The van der Waals surface area contributed by atoms with E-state index in [2.05, 4.69) is 9.97 Å². The number of benzene rings is 1. The number of rotatable bonds is 2. The molecule has 0 bridgehead atoms. The van der Waals surface area contributed by atoms with Crippen LogP contribution in [-0.2, 0) is 6.54 Å². The quantitative estimate of drug-likeness (QED) is 0.752. The van der Waals surface area contributed by atoms with E-state index in [9.17, 15) is 0 Å². The Morgan fingerprint density at radius 1 is 1.32 bits per heavy atom. The summed E-state index contributed by atoms with van der Waals surface area (Å²) in [6.45, 7) is 0.493. The normalized spacial score (nSPS) is 10.5. The predicted molar refractivity (Wildman–Crippen MR) is 72.2 cm³/mol. The number of anilines is 1. The first-order valence-corrected chi connectivity index (χ1v) is 5.83. The maximum atomic E-state index is 8.95. The molecule has 2 heterocycles. The molecule has 0 atom stereocenters. The Bertz CT molecular complexity index is 782. The topological polar surface area (TPSA) is 80.5 Å². The highest BCUT2D eigenvalue weighted by atomic mass is 15.1. The Hall–Kier alpha value is -2.87. The van der Waals surface area contributed by atoms with Gasteiger partial charge >= 0.3 is 0 Å². The Morgan fingerprint density at radius 3 is 3.00 bits per heavy atom. The average molecular weight is 249 g/mol. The van der Waals surface area contributed by atoms with Gasteiger partial charge in [0.2, 0.25) is 5.82 Å². The van der Waals surface area contributed by atoms with E-state index in [1.165, 1.54) is 0 Å². The second-order valence-electron chi connectivity index (χ2n) is 4.22. The van der Waals surface area contributed by atoms with Crippen molar-refractivity contribution in [2.24, 2.45) is 0 Å². The summed E-state index contributed by atoms with van der Waals surface area (Å²) in [5, 5.41) is 9.98. The summed E-state index contributed by atoms with van der Waals surface area (Å²) >= 11 is 0. The van der Waals surface area contributed by atoms with E-state index in [0.29, 0.717) is 18.2 Å². The highest BCUT2D eigenvalue weighted by Gasteiger charge is 2.07. The number of hydrogen-bond donors (Lipinski definition) is 1. The number of aromatic nitrogens is 3. The van der Waals surface area contributed by atoms with Crippen LogP contribution in [0.4, 0.5) is 5.82 Å². The monoisotopic (exact) mass is 249 g/mol. The van der Waals surface area contributed by atoms with E-state index >= 15 is 0 Å². The Morgan fingerprint density at radius 2 is 2.16 bits per heavy atom. The largest absolute Gasteiger partial charge is 0.383 e. The lowest BCUT2D eigenvalue weighted by Crippen LogP contribution is -2.06. The van der Waals surface area contributed by atoms with Gasteiger partial charge in [0.05, 0.1) is 12.1 Å². The van der Waals surface area contributed by atoms with Crippen LogP contribution in [-0.4, -0.2) is 14.5 Å². The summed E-state index contributed by atoms with van der Waals surface area (Å²) in [6, 6.07) is 11.8. The molecule has 0 unspecified atom stereocenters. The summed E-state index contributed by atoms with van der Waals surface area (Å²) < 4.78 is 1.75. The van der Waals surface area contributed by atoms with Crippen molar-refractivity contribution in [2.75, 3.05) is 5.73 Å². The van der Waals surface area contributed by atoms with Crippen molar-refractivity contribution < 1.29 is 0 Å². The third-order valence-electron chi connectivity index (χ3n) is 2.99. The lowest BCUT2D eigenvalue weighted by Gasteiger charge is -2.08. The smallest absolute Gasteiger partial charge is 0.213 e. The maximum Gasteiger partial charge on any atom is 0.213 e. The van der Waals surface area contributed by atoms with Crippen molar-refractivity contribution in [1.29, 1.82) is 5.26 Å². The van der Waals surface area contributed by atoms with Crippen LogP contribution in [0.3, 0.4) is 0 Å². The summed E-state index contributed by atoms with van der Waals surface area (Å²) in [4.78, 5) is 8.34. The molecule has 0 saturated carbocycles. The number of hydrogen-bond acceptors (Lipinski definition) is 4. The van der Waals surface area contributed by atoms with Gasteiger partial charge in [-0.3, -0.25) is 0 Å². The molecule has 0 radical (unpaired) electrons. The van der Waals surface area contributed by atoms with Crippen molar-refractivity contribution in [3.63, 3.8) is 0 Å². The fourth-order valence-electron chi connectivity index (χ4n) is 2.03. The number of para-hydroxylation sites is 1. The number of fused-ring (bicyclic) bond motifs is 1. The van der Waals surface area contributed by atoms with Crippen LogP contribution in [0.1, 0.15) is 11.4 Å². The number of pyridine rings is 1. The molecule has 3 rings (SSSR count). The van der Waals surface area contributed by atoms with E-state index in [4.69, 9.17) is 11.0 Å². The lowest BCUT2D eigenvalue weighted by molar-refractivity contribution is 0.782. The molecular formula is C14H11N5. The van der Waals surface area contributed by atoms with Gasteiger partial charge in [0.1, 0.15) is 11.9 Å². The molecule has 0 aliphatic rings. The molecule has 3 aromatic rings. The Kier molecular flexibility index (Phi) is 2.62. The molecule has 2 N–H and O–H groups in total. The number of nitrogens with two attached hydrogens (primary N) is 1. The highest BCUT2D eigenvalue weighted by Crippen LogP contribution is 2.19. The van der Waals surface area contributed by atoms with Crippen molar-refractivity contribution in [3.05, 3.63) is 54.1 Å². The molecular weight excluding hydrogens is 238 g/mol. The minimum absolute atomic E-state index is 0.368. The number of nitriles is 1. The van der Waals surface area contributed by atoms with Crippen LogP contribution < -0.4 is 5.73 Å². The van der Waals surface area contributed by atoms with Gasteiger partial charge in [-0.25, -0.2) is 9.97 Å². The van der Waals surface area contributed by atoms with Gasteiger partial charge < -0.3 is 10.3 Å². The van der Waals surface area contributed by atoms with Gasteiger partial charge in [-0.2, -0.15) is 5.26 Å². The molecule has 0 saturated heterocycles. The van der Waals surface area contributed by atoms with Crippen LogP contribution >= 0.6 is 0 Å². The molecule has 5 nitrogen and oxygen atoms in total. The summed E-state index contributed by atoms with van der Waals surface area (Å²) in [5.74, 6) is 0.851. The number of nitrogen functional groups attached to an aromatic ring is 1. The first-order chi connectivity index (χ1) is 9.28. The van der Waals surface area contributed by atoms with E-state index < -0.39 is 0 Å².